The maximum Gasteiger partial charge on any atom is 0.191 e. The quantitative estimate of drug-likeness (QED) is 0.296. The molecule has 0 atom stereocenters. The normalized spacial score (nSPS) is 14.3. The molecule has 1 aromatic carbocycles. The summed E-state index contributed by atoms with van der Waals surface area (Å²) in [7, 11) is 3.46. The summed E-state index contributed by atoms with van der Waals surface area (Å²) in [5.41, 5.74) is 1.06. The molecule has 2 N–H and O–H groups in total. The number of methoxy groups -OCH3 is 1. The van der Waals surface area contributed by atoms with E-state index in [1.807, 2.05) is 12.1 Å². The van der Waals surface area contributed by atoms with Crippen LogP contribution >= 0.6 is 24.0 Å². The van der Waals surface area contributed by atoms with Crippen molar-refractivity contribution in [2.24, 2.45) is 4.99 Å². The number of hydrogen-bond donors (Lipinski definition) is 2. The van der Waals surface area contributed by atoms with Crippen molar-refractivity contribution in [3.63, 3.8) is 0 Å². The van der Waals surface area contributed by atoms with E-state index in [1.165, 1.54) is 12.8 Å². The standard InChI is InChI=1S/C21H32N6O2.HI/c1-4-19-26-25-15-27(19)13-12-23-21(22-2)24-14-16-8-7-11-18(28-3)20(16)29-17-9-5-6-10-17;/h7-8,11,15,17H,4-6,9-10,12-14H2,1-3H3,(H2,22,23,24);1H. The fraction of sp³-hybridized carbons (Fsp3) is 0.571. The van der Waals surface area contributed by atoms with Gasteiger partial charge in [0.1, 0.15) is 12.2 Å². The Morgan fingerprint density at radius 1 is 1.27 bits per heavy atom. The molecule has 0 saturated heterocycles. The second kappa shape index (κ2) is 12.6. The fourth-order valence-electron chi connectivity index (χ4n) is 3.60. The highest BCUT2D eigenvalue weighted by Gasteiger charge is 2.20. The number of para-hydroxylation sites is 1. The number of aliphatic imine (C=N–C) groups is 1. The Balaban J connectivity index is 0.00000320. The number of nitrogens with zero attached hydrogens (tertiary/aromatic N) is 4. The van der Waals surface area contributed by atoms with Crippen LogP contribution in [0.25, 0.3) is 0 Å². The minimum absolute atomic E-state index is 0. The van der Waals surface area contributed by atoms with Crippen LogP contribution < -0.4 is 20.1 Å². The summed E-state index contributed by atoms with van der Waals surface area (Å²) >= 11 is 0. The summed E-state index contributed by atoms with van der Waals surface area (Å²) in [5.74, 6) is 3.34. The van der Waals surface area contributed by atoms with Crippen LogP contribution in [-0.4, -0.2) is 47.5 Å². The van der Waals surface area contributed by atoms with E-state index in [4.69, 9.17) is 9.47 Å². The molecule has 1 aliphatic rings. The molecule has 1 heterocycles. The minimum atomic E-state index is 0. The van der Waals surface area contributed by atoms with Crippen LogP contribution in [0.3, 0.4) is 0 Å². The summed E-state index contributed by atoms with van der Waals surface area (Å²) in [4.78, 5) is 4.32. The molecule has 0 bridgehead atoms. The molecule has 2 aromatic rings. The van der Waals surface area contributed by atoms with Gasteiger partial charge in [0.15, 0.2) is 17.5 Å². The van der Waals surface area contributed by atoms with Gasteiger partial charge in [-0.25, -0.2) is 0 Å². The molecule has 9 heteroatoms. The Morgan fingerprint density at radius 3 is 2.77 bits per heavy atom. The summed E-state index contributed by atoms with van der Waals surface area (Å²) in [6.07, 6.45) is 7.59. The third-order valence-electron chi connectivity index (χ3n) is 5.19. The van der Waals surface area contributed by atoms with E-state index in [9.17, 15) is 0 Å². The van der Waals surface area contributed by atoms with E-state index < -0.39 is 0 Å². The van der Waals surface area contributed by atoms with Gasteiger partial charge in [-0.05, 0) is 31.7 Å². The maximum atomic E-state index is 6.31. The Labute approximate surface area is 195 Å². The zero-order valence-electron chi connectivity index (χ0n) is 18.1. The Bertz CT molecular complexity index is 805. The summed E-state index contributed by atoms with van der Waals surface area (Å²) in [6, 6.07) is 6.01. The number of rotatable bonds is 9. The lowest BCUT2D eigenvalue weighted by atomic mass is 10.1. The lowest BCUT2D eigenvalue weighted by Gasteiger charge is -2.20. The minimum Gasteiger partial charge on any atom is -0.493 e. The van der Waals surface area contributed by atoms with Crippen molar-refractivity contribution in [2.75, 3.05) is 20.7 Å². The molecule has 8 nitrogen and oxygen atoms in total. The monoisotopic (exact) mass is 528 g/mol. The Morgan fingerprint density at radius 2 is 2.07 bits per heavy atom. The highest BCUT2D eigenvalue weighted by atomic mass is 127. The molecule has 0 amide bonds. The lowest BCUT2D eigenvalue weighted by Crippen LogP contribution is -2.38. The van der Waals surface area contributed by atoms with Gasteiger partial charge in [-0.1, -0.05) is 19.1 Å². The number of ether oxygens (including phenoxy) is 2. The number of guanidine groups is 1. The molecular formula is C21H33IN6O2. The summed E-state index contributed by atoms with van der Waals surface area (Å²) < 4.78 is 13.9. The molecule has 0 unspecified atom stereocenters. The molecule has 0 spiro atoms. The predicted octanol–water partition coefficient (Wildman–Crippen LogP) is 3.15. The predicted molar refractivity (Wildman–Crippen MR) is 129 cm³/mol. The van der Waals surface area contributed by atoms with Gasteiger partial charge in [0.2, 0.25) is 0 Å². The van der Waals surface area contributed by atoms with Crippen molar-refractivity contribution in [2.45, 2.75) is 58.2 Å². The SMILES string of the molecule is CCc1nncn1CCNC(=NC)NCc1cccc(OC)c1OC1CCCC1.I. The van der Waals surface area contributed by atoms with E-state index in [2.05, 4.69) is 43.4 Å². The van der Waals surface area contributed by atoms with Crippen LogP contribution in [0.2, 0.25) is 0 Å². The Kier molecular flexibility index (Phi) is 10.2. The molecular weight excluding hydrogens is 495 g/mol. The smallest absolute Gasteiger partial charge is 0.191 e. The highest BCUT2D eigenvalue weighted by Crippen LogP contribution is 2.34. The Hall–Kier alpha value is -2.04. The third kappa shape index (κ3) is 6.48. The van der Waals surface area contributed by atoms with E-state index in [0.717, 1.165) is 61.2 Å². The van der Waals surface area contributed by atoms with Crippen molar-refractivity contribution < 1.29 is 9.47 Å². The number of nitrogens with one attached hydrogen (secondary N) is 2. The van der Waals surface area contributed by atoms with Crippen molar-refractivity contribution in [1.82, 2.24) is 25.4 Å². The largest absolute Gasteiger partial charge is 0.493 e. The van der Waals surface area contributed by atoms with Gasteiger partial charge in [-0.2, -0.15) is 0 Å². The second-order valence-electron chi connectivity index (χ2n) is 7.12. The van der Waals surface area contributed by atoms with E-state index in [0.29, 0.717) is 6.54 Å². The zero-order chi connectivity index (χ0) is 20.5. The molecule has 166 valence electrons. The average molecular weight is 528 g/mol. The number of hydrogen-bond acceptors (Lipinski definition) is 5. The topological polar surface area (TPSA) is 85.6 Å². The molecule has 3 rings (SSSR count). The first-order valence-electron chi connectivity index (χ1n) is 10.4. The van der Waals surface area contributed by atoms with Crippen LogP contribution in [0.4, 0.5) is 0 Å². The van der Waals surface area contributed by atoms with Crippen LogP contribution in [0.5, 0.6) is 11.5 Å². The van der Waals surface area contributed by atoms with Crippen LogP contribution in [0, 0.1) is 0 Å². The van der Waals surface area contributed by atoms with Gasteiger partial charge in [0.25, 0.3) is 0 Å². The van der Waals surface area contributed by atoms with Crippen molar-refractivity contribution in [3.8, 4) is 11.5 Å². The first kappa shape index (κ1) is 24.2. The average Bonchev–Trinajstić information content (AvgIpc) is 3.43. The second-order valence-corrected chi connectivity index (χ2v) is 7.12. The summed E-state index contributed by atoms with van der Waals surface area (Å²) in [5, 5.41) is 14.8. The van der Waals surface area contributed by atoms with Crippen molar-refractivity contribution in [3.05, 3.63) is 35.9 Å². The number of aromatic nitrogens is 3. The molecule has 1 aliphatic carbocycles. The number of aryl methyl sites for hydroxylation is 1. The van der Waals surface area contributed by atoms with Crippen LogP contribution in [0.15, 0.2) is 29.5 Å². The van der Waals surface area contributed by atoms with Crippen molar-refractivity contribution in [1.29, 1.82) is 0 Å². The van der Waals surface area contributed by atoms with Crippen LogP contribution in [0.1, 0.15) is 44.0 Å². The first-order chi connectivity index (χ1) is 14.2. The van der Waals surface area contributed by atoms with Crippen LogP contribution in [-0.2, 0) is 19.5 Å². The van der Waals surface area contributed by atoms with Gasteiger partial charge in [-0.15, -0.1) is 34.2 Å². The molecule has 0 aliphatic heterocycles. The van der Waals surface area contributed by atoms with Crippen molar-refractivity contribution >= 4 is 29.9 Å². The third-order valence-corrected chi connectivity index (χ3v) is 5.19. The molecule has 1 fully saturated rings. The van der Waals surface area contributed by atoms with Gasteiger partial charge >= 0.3 is 0 Å². The van der Waals surface area contributed by atoms with E-state index in [1.54, 1.807) is 20.5 Å². The molecule has 0 radical (unpaired) electrons. The maximum absolute atomic E-state index is 6.31. The van der Waals surface area contributed by atoms with Gasteiger partial charge < -0.3 is 24.7 Å². The van der Waals surface area contributed by atoms with E-state index in [-0.39, 0.29) is 30.1 Å². The number of halogens is 1. The molecule has 30 heavy (non-hydrogen) atoms. The highest BCUT2D eigenvalue weighted by molar-refractivity contribution is 14.0. The van der Waals surface area contributed by atoms with Gasteiger partial charge in [0.05, 0.1) is 13.2 Å². The molecule has 1 saturated carbocycles. The van der Waals surface area contributed by atoms with Gasteiger partial charge in [-0.3, -0.25) is 4.99 Å². The molecule has 1 aromatic heterocycles. The lowest BCUT2D eigenvalue weighted by molar-refractivity contribution is 0.198. The number of benzene rings is 1. The van der Waals surface area contributed by atoms with E-state index >= 15 is 0 Å². The van der Waals surface area contributed by atoms with Gasteiger partial charge in [0, 0.05) is 38.7 Å². The zero-order valence-corrected chi connectivity index (χ0v) is 20.4. The first-order valence-corrected chi connectivity index (χ1v) is 10.4. The summed E-state index contributed by atoms with van der Waals surface area (Å²) in [6.45, 7) is 4.19. The fourth-order valence-corrected chi connectivity index (χ4v) is 3.60.